The Morgan fingerprint density at radius 3 is 1.23 bits per heavy atom. The summed E-state index contributed by atoms with van der Waals surface area (Å²) in [4.78, 5) is 97.9. The van der Waals surface area contributed by atoms with Crippen LogP contribution < -0.4 is 46.2 Å². The van der Waals surface area contributed by atoms with Crippen LogP contribution in [0.4, 0.5) is 0 Å². The number of hydrogen-bond acceptors (Lipinski definition) is 20. The predicted molar refractivity (Wildman–Crippen MR) is 541 cm³/mol. The number of rotatable bonds is 77. The molecule has 0 spiro atoms. The van der Waals surface area contributed by atoms with Crippen LogP contribution in [0.15, 0.2) is 123 Å². The molecule has 2 aliphatic heterocycles. The standard InChI is InChI=1S/C109H166N5O21PS/c1-8-11-14-17-20-23-26-29-32-35-38-41-44-47-50-56-73-128-95-76-89(77-96(129-74-57-51-48-45-42-39-36-33-30-27-24-21-18-15-12-9-2)103(95)130-75-58-52-49-46-43-40-37-34-31-28-25-22-19-16-13-10-3)109(134-102(118)70-69-101(116)117,93-79-100(132-97(93)82-115)114-81-85(5)105(120)112-107(114)122)137(125)136(123,124)135-94(71-72-110)92-78-99(113-80-84(4)104(119)111-106(113)121)133-98(92)83-131-108(86-59-54-53-55-60-86,87-61-65-90(126-6)66-62-87)88-63-67-91(127-7)68-64-88/h53-55,59-68,76-77,80-81,92-94,97-100,115H,8-52,56-58,69-71,73-75,78-79,82-83H2,1-7H3,(H,116,117)(H,123,124)(H,111,119,121)(H,112,120,122)/t92-,93+,94?,97+,98+,99+,100+,109?,137?/m0/s1. The summed E-state index contributed by atoms with van der Waals surface area (Å²) in [7, 11) is -0.674. The molecule has 0 saturated carbocycles. The zero-order valence-corrected chi connectivity index (χ0v) is 85.5. The molecule has 6 aromatic rings. The number of unbranched alkanes of at least 4 members (excludes halogenated alkanes) is 45. The minimum Gasteiger partial charge on any atom is -0.497 e. The molecular formula is C109H166N5O21PS. The van der Waals surface area contributed by atoms with Gasteiger partial charge in [-0.15, -0.1) is 0 Å². The molecule has 2 aromatic heterocycles. The molecule has 8 rings (SSSR count). The Morgan fingerprint density at radius 1 is 0.504 bits per heavy atom. The summed E-state index contributed by atoms with van der Waals surface area (Å²) < 4.78 is 103. The number of benzene rings is 4. The molecule has 0 bridgehead atoms. The number of nitrogens with zero attached hydrogens (tertiary/aromatic N) is 3. The Morgan fingerprint density at radius 2 is 0.861 bits per heavy atom. The third kappa shape index (κ3) is 37.3. The Kier molecular flexibility index (Phi) is 53.5. The van der Waals surface area contributed by atoms with E-state index in [1.807, 2.05) is 54.6 Å². The molecule has 0 amide bonds. The average Bonchev–Trinajstić information content (AvgIpc) is 1.17. The monoisotopic (exact) mass is 1940 g/mol. The second-order valence-corrected chi connectivity index (χ2v) is 42.6. The van der Waals surface area contributed by atoms with Gasteiger partial charge in [0.15, 0.2) is 21.9 Å². The number of nitriles is 1. The van der Waals surface area contributed by atoms with Crippen LogP contribution in [-0.2, 0) is 58.6 Å². The fraction of sp³-hybridized carbons (Fsp3) is 0.679. The van der Waals surface area contributed by atoms with Crippen LogP contribution in [0.25, 0.3) is 0 Å². The van der Waals surface area contributed by atoms with Gasteiger partial charge in [0, 0.05) is 53.8 Å². The maximum Gasteiger partial charge on any atom is 0.420 e. The summed E-state index contributed by atoms with van der Waals surface area (Å²) in [5.41, 5.74) is -3.11. The average molecular weight is 1950 g/mol. The van der Waals surface area contributed by atoms with Crippen molar-refractivity contribution in [2.75, 3.05) is 47.3 Å². The molecule has 764 valence electrons. The van der Waals surface area contributed by atoms with Gasteiger partial charge < -0.3 is 57.7 Å². The van der Waals surface area contributed by atoms with Crippen molar-refractivity contribution < 1.29 is 80.6 Å². The number of methoxy groups -OCH3 is 2. The first-order valence-electron chi connectivity index (χ1n) is 52.5. The zero-order chi connectivity index (χ0) is 98.3. The zero-order valence-electron chi connectivity index (χ0n) is 83.8. The number of aromatic amines is 2. The highest BCUT2D eigenvalue weighted by molar-refractivity contribution is 8.45. The minimum absolute atomic E-state index is 0.00464. The molecule has 0 radical (unpaired) electrons. The Labute approximate surface area is 818 Å². The highest BCUT2D eigenvalue weighted by Crippen LogP contribution is 2.63. The third-order valence-electron chi connectivity index (χ3n) is 27.2. The fourth-order valence-electron chi connectivity index (χ4n) is 19.2. The number of carboxylic acid groups (broad SMARTS) is 1. The number of carboxylic acids is 1. The number of nitrogens with one attached hydrogen (secondary N) is 2. The van der Waals surface area contributed by atoms with E-state index >= 15 is 13.6 Å². The van der Waals surface area contributed by atoms with Gasteiger partial charge >= 0.3 is 30.1 Å². The lowest BCUT2D eigenvalue weighted by Gasteiger charge is -2.40. The number of carbonyl (C=O) groups is 2. The van der Waals surface area contributed by atoms with Crippen LogP contribution in [0, 0.1) is 37.0 Å². The molecule has 2 aliphatic rings. The van der Waals surface area contributed by atoms with Gasteiger partial charge in [0.2, 0.25) is 10.7 Å². The van der Waals surface area contributed by atoms with E-state index in [9.17, 15) is 44.3 Å². The first kappa shape index (κ1) is 114. The summed E-state index contributed by atoms with van der Waals surface area (Å²) in [6, 6.07) is 28.7. The predicted octanol–water partition coefficient (Wildman–Crippen LogP) is 24.9. The number of ether oxygens (including phenoxy) is 9. The van der Waals surface area contributed by atoms with Crippen LogP contribution in [0.1, 0.15) is 407 Å². The lowest BCUT2D eigenvalue weighted by Crippen LogP contribution is -2.48. The van der Waals surface area contributed by atoms with Gasteiger partial charge in [-0.3, -0.25) is 42.8 Å². The topological polar surface area (TPSA) is 355 Å². The summed E-state index contributed by atoms with van der Waals surface area (Å²) in [5.74, 6) is -4.63. The molecule has 2 saturated heterocycles. The number of aliphatic hydroxyl groups excluding tert-OH is 1. The molecule has 0 aliphatic carbocycles. The van der Waals surface area contributed by atoms with Gasteiger partial charge in [0.05, 0.1) is 90.9 Å². The molecule has 28 heteroatoms. The molecule has 4 heterocycles. The molecular weight excluding hydrogens is 1780 g/mol. The van der Waals surface area contributed by atoms with E-state index in [0.717, 1.165) is 99.0 Å². The van der Waals surface area contributed by atoms with Crippen molar-refractivity contribution >= 4 is 29.2 Å². The van der Waals surface area contributed by atoms with Crippen molar-refractivity contribution in [3.8, 4) is 34.8 Å². The van der Waals surface area contributed by atoms with E-state index in [4.69, 9.17) is 47.2 Å². The van der Waals surface area contributed by atoms with E-state index < -0.39 is 144 Å². The Hall–Kier alpha value is -8.19. The van der Waals surface area contributed by atoms with Gasteiger partial charge in [0.1, 0.15) is 29.6 Å². The number of esters is 1. The van der Waals surface area contributed by atoms with Crippen molar-refractivity contribution in [2.45, 2.75) is 416 Å². The van der Waals surface area contributed by atoms with Gasteiger partial charge in [-0.1, -0.05) is 364 Å². The largest absolute Gasteiger partial charge is 0.497 e. The van der Waals surface area contributed by atoms with E-state index in [-0.39, 0.29) is 60.2 Å². The number of carbonyl (C=O) groups excluding carboxylic acids is 1. The summed E-state index contributed by atoms with van der Waals surface area (Å²) >= 11 is 0. The van der Waals surface area contributed by atoms with Crippen molar-refractivity contribution in [2.24, 2.45) is 11.8 Å². The molecule has 4 unspecified atom stereocenters. The number of aliphatic hydroxyl groups is 1. The van der Waals surface area contributed by atoms with E-state index in [2.05, 4.69) is 36.8 Å². The van der Waals surface area contributed by atoms with Gasteiger partial charge in [-0.2, -0.15) is 5.26 Å². The summed E-state index contributed by atoms with van der Waals surface area (Å²) in [6.07, 6.45) is 46.4. The van der Waals surface area contributed by atoms with Crippen molar-refractivity contribution in [1.82, 2.24) is 19.1 Å². The third-order valence-corrected chi connectivity index (χ3v) is 31.7. The molecule has 2 fully saturated rings. The smallest absolute Gasteiger partial charge is 0.420 e. The normalized spacial score (nSPS) is 17.4. The number of hydrogen-bond donors (Lipinski definition) is 5. The molecule has 4 aromatic carbocycles. The highest BCUT2D eigenvalue weighted by Gasteiger charge is 2.63. The van der Waals surface area contributed by atoms with Crippen LogP contribution in [-0.4, -0.2) is 116 Å². The molecule has 137 heavy (non-hydrogen) atoms. The van der Waals surface area contributed by atoms with Crippen LogP contribution in [0.3, 0.4) is 0 Å². The lowest BCUT2D eigenvalue weighted by molar-refractivity contribution is -0.161. The van der Waals surface area contributed by atoms with Crippen LogP contribution in [0.5, 0.6) is 28.7 Å². The van der Waals surface area contributed by atoms with Gasteiger partial charge in [-0.25, -0.2) is 18.4 Å². The second kappa shape index (κ2) is 64.3. The Balaban J connectivity index is 1.23. The quantitative estimate of drug-likeness (QED) is 0.0102. The van der Waals surface area contributed by atoms with E-state index in [0.29, 0.717) is 47.5 Å². The maximum absolute atomic E-state index is 17.6. The molecule has 5 N–H and O–H groups in total. The maximum atomic E-state index is 17.6. The number of aryl methyl sites for hydroxylation is 2. The highest BCUT2D eigenvalue weighted by atomic mass is 32.8. The number of aliphatic carboxylic acids is 1. The van der Waals surface area contributed by atoms with Crippen LogP contribution >= 0.6 is 6.80 Å². The summed E-state index contributed by atoms with van der Waals surface area (Å²) in [6.45, 7) is 2.39. The lowest BCUT2D eigenvalue weighted by atomic mass is 9.79. The van der Waals surface area contributed by atoms with E-state index in [1.165, 1.54) is 237 Å². The first-order chi connectivity index (χ1) is 66.6. The number of aromatic nitrogens is 4. The fourth-order valence-corrected chi connectivity index (χ4v) is 23.6. The van der Waals surface area contributed by atoms with E-state index in [1.54, 1.807) is 38.5 Å². The SMILES string of the molecule is CCCCCCCCCCCCCCCCCCOc1cc(C(OC(=O)CCC(=O)O)([C@@H]2C[C@H](n3cc(C)c(=O)[nH]c3=O)O[C@@H]2CO)S(=O)P(=O)(O)OC(CC#N)[C@@H]2C[C@H](n3cc(C)c(=O)[nH]c3=O)O[C@@H]2COC(c2ccccc2)(c2ccc(OC)cc2)c2ccc(OC)cc2)cc(OCCCCCCCCCCCCCCCCCC)c1OCCCCCCCCCCCCCCCCCC. The first-order valence-corrected chi connectivity index (χ1v) is 55.8. The Bertz CT molecular complexity index is 4680. The molecule has 26 nitrogen and oxygen atoms in total. The minimum atomic E-state index is -6.24. The van der Waals surface area contributed by atoms with Crippen molar-refractivity contribution in [3.63, 3.8) is 0 Å². The summed E-state index contributed by atoms with van der Waals surface area (Å²) in [5, 5.41) is 33.4. The molecule has 10 atom stereocenters. The van der Waals surface area contributed by atoms with Gasteiger partial charge in [-0.05, 0) is 86.2 Å². The van der Waals surface area contributed by atoms with Crippen molar-refractivity contribution in [3.05, 3.63) is 178 Å². The number of H-pyrrole nitrogens is 2. The second-order valence-electron chi connectivity index (χ2n) is 38.0. The van der Waals surface area contributed by atoms with Gasteiger partial charge in [0.25, 0.3) is 11.1 Å². The van der Waals surface area contributed by atoms with Crippen LogP contribution in [0.2, 0.25) is 0 Å². The van der Waals surface area contributed by atoms with Crippen molar-refractivity contribution in [1.29, 1.82) is 5.26 Å².